The van der Waals surface area contributed by atoms with Gasteiger partial charge in [-0.2, -0.15) is 0 Å². The van der Waals surface area contributed by atoms with Crippen molar-refractivity contribution in [3.8, 4) is 22.4 Å². The molecule has 3 rings (SSSR count). The maximum Gasteiger partial charge on any atom is 0.241 e. The highest BCUT2D eigenvalue weighted by Gasteiger charge is 2.26. The molecule has 1 aromatic heterocycles. The SMILES string of the molecule is NS(=O)(=O)c1cc(F)c(-c2c(-c3ccc(F)c(F)c3)noc2CO)cc1F. The normalized spacial score (nSPS) is 11.8. The number of primary sulfonamides is 1. The minimum absolute atomic E-state index is 0.0392. The highest BCUT2D eigenvalue weighted by Crippen LogP contribution is 2.37. The Hall–Kier alpha value is -2.76. The topological polar surface area (TPSA) is 106 Å². The van der Waals surface area contributed by atoms with E-state index < -0.39 is 50.4 Å². The molecule has 11 heteroatoms. The maximum absolute atomic E-state index is 14.5. The van der Waals surface area contributed by atoms with Gasteiger partial charge in [-0.3, -0.25) is 0 Å². The number of hydrogen-bond donors (Lipinski definition) is 2. The Morgan fingerprint density at radius 3 is 2.30 bits per heavy atom. The van der Waals surface area contributed by atoms with Crippen molar-refractivity contribution in [1.29, 1.82) is 0 Å². The number of hydrogen-bond acceptors (Lipinski definition) is 5. The van der Waals surface area contributed by atoms with E-state index in [1.807, 2.05) is 0 Å². The van der Waals surface area contributed by atoms with Gasteiger partial charge in [0, 0.05) is 11.1 Å². The molecule has 2 aromatic carbocycles. The van der Waals surface area contributed by atoms with Crippen LogP contribution in [0, 0.1) is 23.3 Å². The van der Waals surface area contributed by atoms with Gasteiger partial charge < -0.3 is 9.63 Å². The predicted molar refractivity (Wildman–Crippen MR) is 84.5 cm³/mol. The van der Waals surface area contributed by atoms with E-state index in [0.717, 1.165) is 18.2 Å². The van der Waals surface area contributed by atoms with E-state index in [1.165, 1.54) is 0 Å². The number of rotatable bonds is 4. The number of halogens is 4. The fourth-order valence-corrected chi connectivity index (χ4v) is 3.09. The Balaban J connectivity index is 2.27. The number of benzene rings is 2. The second-order valence-electron chi connectivity index (χ2n) is 5.42. The van der Waals surface area contributed by atoms with Crippen molar-refractivity contribution in [2.75, 3.05) is 0 Å². The van der Waals surface area contributed by atoms with Gasteiger partial charge in [-0.25, -0.2) is 31.1 Å². The molecule has 0 saturated heterocycles. The molecule has 6 nitrogen and oxygen atoms in total. The molecule has 0 bridgehead atoms. The molecule has 0 aliphatic carbocycles. The molecular weight excluding hydrogens is 392 g/mol. The Morgan fingerprint density at radius 1 is 1.00 bits per heavy atom. The Morgan fingerprint density at radius 2 is 1.70 bits per heavy atom. The van der Waals surface area contributed by atoms with E-state index in [-0.39, 0.29) is 22.6 Å². The molecule has 0 amide bonds. The van der Waals surface area contributed by atoms with Crippen LogP contribution < -0.4 is 5.14 Å². The summed E-state index contributed by atoms with van der Waals surface area (Å²) in [6, 6.07) is 3.56. The highest BCUT2D eigenvalue weighted by molar-refractivity contribution is 7.89. The van der Waals surface area contributed by atoms with Crippen molar-refractivity contribution in [3.63, 3.8) is 0 Å². The van der Waals surface area contributed by atoms with Crippen LogP contribution in [-0.4, -0.2) is 18.7 Å². The third kappa shape index (κ3) is 3.44. The molecule has 1 heterocycles. The summed E-state index contributed by atoms with van der Waals surface area (Å²) in [6.45, 7) is -0.774. The Labute approximate surface area is 149 Å². The third-order valence-corrected chi connectivity index (χ3v) is 4.62. The van der Waals surface area contributed by atoms with E-state index in [0.29, 0.717) is 12.1 Å². The molecule has 0 aliphatic heterocycles. The van der Waals surface area contributed by atoms with Gasteiger partial charge in [0.2, 0.25) is 10.0 Å². The molecule has 0 atom stereocenters. The van der Waals surface area contributed by atoms with Crippen molar-refractivity contribution in [2.45, 2.75) is 11.5 Å². The van der Waals surface area contributed by atoms with Crippen LogP contribution in [0.3, 0.4) is 0 Å². The number of aliphatic hydroxyl groups excluding tert-OH is 1. The lowest BCUT2D eigenvalue weighted by Gasteiger charge is -2.08. The first kappa shape index (κ1) is 19.0. The Bertz CT molecular complexity index is 1150. The zero-order valence-corrected chi connectivity index (χ0v) is 14.0. The third-order valence-electron chi connectivity index (χ3n) is 3.70. The zero-order valence-electron chi connectivity index (χ0n) is 13.2. The number of sulfonamides is 1. The standard InChI is InChI=1S/C16H10F4N2O4S/c17-9-2-1-7(3-11(9)19)16-15(13(6-23)26-22-16)8-4-12(20)14(5-10(8)18)27(21,24)25/h1-5,23H,6H2,(H2,21,24,25). The van der Waals surface area contributed by atoms with Crippen molar-refractivity contribution < 1.29 is 35.6 Å². The van der Waals surface area contributed by atoms with E-state index in [2.05, 4.69) is 5.16 Å². The lowest BCUT2D eigenvalue weighted by Crippen LogP contribution is -2.14. The quantitative estimate of drug-likeness (QED) is 0.653. The second kappa shape index (κ2) is 6.76. The molecule has 3 aromatic rings. The van der Waals surface area contributed by atoms with Gasteiger partial charge in [-0.05, 0) is 30.3 Å². The second-order valence-corrected chi connectivity index (χ2v) is 6.95. The molecule has 0 fully saturated rings. The summed E-state index contributed by atoms with van der Waals surface area (Å²) < 4.78 is 82.8. The van der Waals surface area contributed by atoms with E-state index in [1.54, 1.807) is 0 Å². The van der Waals surface area contributed by atoms with Gasteiger partial charge in [0.15, 0.2) is 17.4 Å². The molecule has 0 spiro atoms. The summed E-state index contributed by atoms with van der Waals surface area (Å²) in [5.74, 6) is -5.21. The van der Waals surface area contributed by atoms with Crippen LogP contribution in [0.25, 0.3) is 22.4 Å². The first-order valence-corrected chi connectivity index (χ1v) is 8.75. The smallest absolute Gasteiger partial charge is 0.241 e. The maximum atomic E-state index is 14.5. The summed E-state index contributed by atoms with van der Waals surface area (Å²) in [6.07, 6.45) is 0. The fraction of sp³-hybridized carbons (Fsp3) is 0.0625. The minimum atomic E-state index is -4.52. The van der Waals surface area contributed by atoms with Crippen LogP contribution in [-0.2, 0) is 16.6 Å². The summed E-state index contributed by atoms with van der Waals surface area (Å²) in [5.41, 5.74) is -1.01. The van der Waals surface area contributed by atoms with E-state index in [4.69, 9.17) is 9.66 Å². The summed E-state index contributed by atoms with van der Waals surface area (Å²) in [5, 5.41) is 17.8. The van der Waals surface area contributed by atoms with Gasteiger partial charge in [0.25, 0.3) is 0 Å². The van der Waals surface area contributed by atoms with Gasteiger partial charge in [0.05, 0.1) is 5.56 Å². The monoisotopic (exact) mass is 402 g/mol. The van der Waals surface area contributed by atoms with E-state index in [9.17, 15) is 31.1 Å². The molecule has 0 saturated carbocycles. The molecule has 3 N–H and O–H groups in total. The minimum Gasteiger partial charge on any atom is -0.388 e. The van der Waals surface area contributed by atoms with Crippen molar-refractivity contribution in [2.24, 2.45) is 5.14 Å². The molecule has 142 valence electrons. The van der Waals surface area contributed by atoms with Crippen LogP contribution in [0.1, 0.15) is 5.76 Å². The van der Waals surface area contributed by atoms with Crippen molar-refractivity contribution in [3.05, 3.63) is 59.4 Å². The Kier molecular flexibility index (Phi) is 4.76. The fourth-order valence-electron chi connectivity index (χ4n) is 2.49. The number of aromatic nitrogens is 1. The lowest BCUT2D eigenvalue weighted by molar-refractivity contribution is 0.230. The highest BCUT2D eigenvalue weighted by atomic mass is 32.2. The van der Waals surface area contributed by atoms with Crippen molar-refractivity contribution >= 4 is 10.0 Å². The predicted octanol–water partition coefficient (Wildman–Crippen LogP) is 2.70. The van der Waals surface area contributed by atoms with Crippen LogP contribution >= 0.6 is 0 Å². The largest absolute Gasteiger partial charge is 0.388 e. The zero-order chi connectivity index (χ0) is 19.9. The van der Waals surface area contributed by atoms with Crippen LogP contribution in [0.5, 0.6) is 0 Å². The van der Waals surface area contributed by atoms with Crippen molar-refractivity contribution in [1.82, 2.24) is 5.16 Å². The summed E-state index contributed by atoms with van der Waals surface area (Å²) in [7, 11) is -4.52. The summed E-state index contributed by atoms with van der Waals surface area (Å²) in [4.78, 5) is -1.07. The van der Waals surface area contributed by atoms with Crippen LogP contribution in [0.4, 0.5) is 17.6 Å². The molecule has 0 radical (unpaired) electrons. The van der Waals surface area contributed by atoms with Gasteiger partial charge in [-0.1, -0.05) is 5.16 Å². The molecule has 27 heavy (non-hydrogen) atoms. The average molecular weight is 402 g/mol. The molecular formula is C16H10F4N2O4S. The van der Waals surface area contributed by atoms with Gasteiger partial charge in [-0.15, -0.1) is 0 Å². The number of nitrogens with two attached hydrogens (primary N) is 1. The van der Waals surface area contributed by atoms with Gasteiger partial charge >= 0.3 is 0 Å². The average Bonchev–Trinajstić information content (AvgIpc) is 3.01. The lowest BCUT2D eigenvalue weighted by atomic mass is 9.98. The molecule has 0 aliphatic rings. The number of nitrogens with zero attached hydrogens (tertiary/aromatic N) is 1. The first-order valence-electron chi connectivity index (χ1n) is 7.20. The first-order chi connectivity index (χ1) is 12.6. The van der Waals surface area contributed by atoms with E-state index >= 15 is 0 Å². The van der Waals surface area contributed by atoms with Crippen LogP contribution in [0.15, 0.2) is 39.8 Å². The van der Waals surface area contributed by atoms with Crippen LogP contribution in [0.2, 0.25) is 0 Å². The van der Waals surface area contributed by atoms with Gasteiger partial charge in [0.1, 0.15) is 28.8 Å². The molecule has 0 unspecified atom stereocenters. The number of aliphatic hydroxyl groups is 1. The summed E-state index contributed by atoms with van der Waals surface area (Å²) >= 11 is 0.